The number of hydrogen-bond acceptors (Lipinski definition) is 4. The Hall–Kier alpha value is -4.06. The number of rotatable bonds is 6. The van der Waals surface area contributed by atoms with E-state index in [1.165, 1.54) is 6.07 Å². The Kier molecular flexibility index (Phi) is 5.72. The Morgan fingerprint density at radius 1 is 0.571 bits per heavy atom. The maximum Gasteiger partial charge on any atom is 0.283 e. The lowest BCUT2D eigenvalue weighted by Crippen LogP contribution is -1.98. The van der Waals surface area contributed by atoms with Gasteiger partial charge >= 0.3 is 0 Å². The van der Waals surface area contributed by atoms with Gasteiger partial charge in [0.05, 0.1) is 27.0 Å². The van der Waals surface area contributed by atoms with Crippen molar-refractivity contribution in [2.75, 3.05) is 0 Å². The lowest BCUT2D eigenvalue weighted by atomic mass is 10.0. The summed E-state index contributed by atoms with van der Waals surface area (Å²) in [5, 5.41) is 22.9. The van der Waals surface area contributed by atoms with Crippen LogP contribution in [0.3, 0.4) is 0 Å². The molecule has 3 aromatic carbocycles. The molecule has 0 aromatic heterocycles. The third-order valence-electron chi connectivity index (χ3n) is 4.08. The molecule has 3 aromatic rings. The molecule has 0 radical (unpaired) electrons. The first-order chi connectivity index (χ1) is 13.5. The van der Waals surface area contributed by atoms with Gasteiger partial charge in [0.2, 0.25) is 0 Å². The zero-order chi connectivity index (χ0) is 19.9. The summed E-state index contributed by atoms with van der Waals surface area (Å²) in [4.78, 5) is 21.6. The lowest BCUT2D eigenvalue weighted by Gasteiger charge is -2.03. The Morgan fingerprint density at radius 3 is 1.32 bits per heavy atom. The van der Waals surface area contributed by atoms with E-state index in [1.807, 2.05) is 60.7 Å². The van der Waals surface area contributed by atoms with Gasteiger partial charge in [0, 0.05) is 0 Å². The predicted octanol–water partition coefficient (Wildman–Crippen LogP) is 5.84. The first-order valence-electron chi connectivity index (χ1n) is 8.47. The SMILES string of the molecule is O=[N+]([O-])c1cc([N+](=O)[O-])c(/C=C/c2ccccc2)cc1/C=C\c1ccccc1. The van der Waals surface area contributed by atoms with E-state index in [1.54, 1.807) is 24.3 Å². The molecule has 0 aliphatic rings. The topological polar surface area (TPSA) is 86.3 Å². The number of nitro groups is 2. The molecule has 0 atom stereocenters. The van der Waals surface area contributed by atoms with Crippen LogP contribution in [0.1, 0.15) is 22.3 Å². The van der Waals surface area contributed by atoms with Gasteiger partial charge in [0.15, 0.2) is 0 Å². The second-order valence-electron chi connectivity index (χ2n) is 5.97. The highest BCUT2D eigenvalue weighted by Gasteiger charge is 2.22. The van der Waals surface area contributed by atoms with E-state index in [4.69, 9.17) is 0 Å². The van der Waals surface area contributed by atoms with Gasteiger partial charge in [-0.05, 0) is 29.3 Å². The van der Waals surface area contributed by atoms with Crippen LogP contribution in [0, 0.1) is 20.2 Å². The Balaban J connectivity index is 2.07. The van der Waals surface area contributed by atoms with E-state index in [-0.39, 0.29) is 11.4 Å². The molecule has 0 N–H and O–H groups in total. The van der Waals surface area contributed by atoms with Gasteiger partial charge in [-0.2, -0.15) is 0 Å². The van der Waals surface area contributed by atoms with Crippen molar-refractivity contribution in [2.24, 2.45) is 0 Å². The van der Waals surface area contributed by atoms with Crippen molar-refractivity contribution in [1.29, 1.82) is 0 Å². The molecule has 6 nitrogen and oxygen atoms in total. The van der Waals surface area contributed by atoms with Crippen LogP contribution >= 0.6 is 0 Å². The minimum absolute atomic E-state index is 0.298. The molecule has 6 heteroatoms. The average Bonchev–Trinajstić information content (AvgIpc) is 2.71. The summed E-state index contributed by atoms with van der Waals surface area (Å²) >= 11 is 0. The van der Waals surface area contributed by atoms with Crippen molar-refractivity contribution >= 4 is 35.7 Å². The van der Waals surface area contributed by atoms with Gasteiger partial charge in [-0.3, -0.25) is 20.2 Å². The van der Waals surface area contributed by atoms with Crippen molar-refractivity contribution in [3.63, 3.8) is 0 Å². The summed E-state index contributed by atoms with van der Waals surface area (Å²) < 4.78 is 0. The average molecular weight is 372 g/mol. The molecular formula is C22H16N2O4. The molecule has 0 amide bonds. The summed E-state index contributed by atoms with van der Waals surface area (Å²) in [5.74, 6) is 0. The van der Waals surface area contributed by atoms with Gasteiger partial charge < -0.3 is 0 Å². The van der Waals surface area contributed by atoms with Crippen molar-refractivity contribution in [3.05, 3.63) is 115 Å². The molecule has 0 aliphatic heterocycles. The maximum absolute atomic E-state index is 11.4. The van der Waals surface area contributed by atoms with Crippen molar-refractivity contribution in [2.45, 2.75) is 0 Å². The van der Waals surface area contributed by atoms with E-state index < -0.39 is 9.85 Å². The Bertz CT molecular complexity index is 976. The standard InChI is InChI=1S/C22H16N2O4/c25-23(26)21-16-22(24(27)28)20(14-12-18-9-5-2-6-10-18)15-19(21)13-11-17-7-3-1-4-8-17/h1-16H/b13-11-,14-12+. The monoisotopic (exact) mass is 372 g/mol. The van der Waals surface area contributed by atoms with Crippen LogP contribution in [-0.2, 0) is 0 Å². The van der Waals surface area contributed by atoms with E-state index in [9.17, 15) is 20.2 Å². The largest absolute Gasteiger partial charge is 0.283 e. The maximum atomic E-state index is 11.4. The van der Waals surface area contributed by atoms with E-state index in [0.29, 0.717) is 11.1 Å². The third-order valence-corrected chi connectivity index (χ3v) is 4.08. The first kappa shape index (κ1) is 18.7. The molecule has 0 saturated heterocycles. The zero-order valence-corrected chi connectivity index (χ0v) is 14.8. The predicted molar refractivity (Wildman–Crippen MR) is 110 cm³/mol. The summed E-state index contributed by atoms with van der Waals surface area (Å²) in [6, 6.07) is 21.1. The normalized spacial score (nSPS) is 11.1. The van der Waals surface area contributed by atoms with Gasteiger partial charge in [-0.15, -0.1) is 0 Å². The lowest BCUT2D eigenvalue weighted by molar-refractivity contribution is -0.394. The van der Waals surface area contributed by atoms with Gasteiger partial charge in [-0.25, -0.2) is 0 Å². The number of benzene rings is 3. The van der Waals surface area contributed by atoms with Gasteiger partial charge in [-0.1, -0.05) is 72.8 Å². The van der Waals surface area contributed by atoms with Crippen LogP contribution in [0.25, 0.3) is 24.3 Å². The van der Waals surface area contributed by atoms with Crippen molar-refractivity contribution in [3.8, 4) is 0 Å². The van der Waals surface area contributed by atoms with Crippen LogP contribution in [0.15, 0.2) is 72.8 Å². The molecule has 0 saturated carbocycles. The fourth-order valence-corrected chi connectivity index (χ4v) is 2.70. The molecule has 138 valence electrons. The van der Waals surface area contributed by atoms with Crippen LogP contribution in [0.5, 0.6) is 0 Å². The molecule has 28 heavy (non-hydrogen) atoms. The highest BCUT2D eigenvalue weighted by molar-refractivity contribution is 5.81. The smallest absolute Gasteiger partial charge is 0.258 e. The highest BCUT2D eigenvalue weighted by atomic mass is 16.6. The highest BCUT2D eigenvalue weighted by Crippen LogP contribution is 2.31. The molecule has 0 unspecified atom stereocenters. The third kappa shape index (κ3) is 4.56. The Morgan fingerprint density at radius 2 is 0.964 bits per heavy atom. The second-order valence-corrected chi connectivity index (χ2v) is 5.97. The fraction of sp³-hybridized carbons (Fsp3) is 0. The zero-order valence-electron chi connectivity index (χ0n) is 14.8. The van der Waals surface area contributed by atoms with Gasteiger partial charge in [0.1, 0.15) is 0 Å². The quantitative estimate of drug-likeness (QED) is 0.309. The first-order valence-corrected chi connectivity index (χ1v) is 8.47. The fourth-order valence-electron chi connectivity index (χ4n) is 2.70. The minimum Gasteiger partial charge on any atom is -0.258 e. The van der Waals surface area contributed by atoms with Crippen molar-refractivity contribution in [1.82, 2.24) is 0 Å². The molecular weight excluding hydrogens is 356 g/mol. The summed E-state index contributed by atoms with van der Waals surface area (Å²) in [5.41, 5.74) is 1.72. The second kappa shape index (κ2) is 8.55. The van der Waals surface area contributed by atoms with Crippen LogP contribution in [0.2, 0.25) is 0 Å². The molecule has 0 aliphatic carbocycles. The van der Waals surface area contributed by atoms with E-state index in [2.05, 4.69) is 0 Å². The minimum atomic E-state index is -0.609. The summed E-state index contributed by atoms with van der Waals surface area (Å²) in [7, 11) is 0. The van der Waals surface area contributed by atoms with Crippen LogP contribution < -0.4 is 0 Å². The molecule has 0 bridgehead atoms. The molecule has 0 heterocycles. The van der Waals surface area contributed by atoms with E-state index >= 15 is 0 Å². The van der Waals surface area contributed by atoms with Crippen LogP contribution in [-0.4, -0.2) is 9.85 Å². The van der Waals surface area contributed by atoms with Crippen molar-refractivity contribution < 1.29 is 9.85 Å². The number of nitro benzene ring substituents is 2. The molecule has 0 fully saturated rings. The summed E-state index contributed by atoms with van der Waals surface area (Å²) in [6.07, 6.45) is 6.66. The summed E-state index contributed by atoms with van der Waals surface area (Å²) in [6.45, 7) is 0. The Labute approximate surface area is 161 Å². The van der Waals surface area contributed by atoms with E-state index in [0.717, 1.165) is 17.2 Å². The number of hydrogen-bond donors (Lipinski definition) is 0. The molecule has 3 rings (SSSR count). The molecule has 0 spiro atoms. The van der Waals surface area contributed by atoms with Crippen LogP contribution in [0.4, 0.5) is 11.4 Å². The number of nitrogens with zero attached hydrogens (tertiary/aromatic N) is 2. The van der Waals surface area contributed by atoms with Gasteiger partial charge in [0.25, 0.3) is 11.4 Å².